The quantitative estimate of drug-likeness (QED) is 0.756. The van der Waals surface area contributed by atoms with E-state index in [0.29, 0.717) is 24.2 Å². The second-order valence-electron chi connectivity index (χ2n) is 7.08. The maximum absolute atomic E-state index is 12.8. The van der Waals surface area contributed by atoms with Gasteiger partial charge in [0, 0.05) is 30.4 Å². The zero-order chi connectivity index (χ0) is 19.0. The third-order valence-corrected chi connectivity index (χ3v) is 5.03. The van der Waals surface area contributed by atoms with Gasteiger partial charge in [-0.15, -0.1) is 0 Å². The summed E-state index contributed by atoms with van der Waals surface area (Å²) in [5.74, 6) is -0.209. The molecule has 27 heavy (non-hydrogen) atoms. The number of aromatic nitrogens is 3. The van der Waals surface area contributed by atoms with Crippen LogP contribution in [0, 0.1) is 6.92 Å². The van der Waals surface area contributed by atoms with Gasteiger partial charge in [-0.2, -0.15) is 0 Å². The summed E-state index contributed by atoms with van der Waals surface area (Å²) in [6.07, 6.45) is 7.89. The molecule has 2 atom stereocenters. The molecular formula is C19H21N5O3. The molecule has 1 fully saturated rings. The van der Waals surface area contributed by atoms with Crippen molar-refractivity contribution in [1.29, 1.82) is 0 Å². The molecule has 0 spiro atoms. The van der Waals surface area contributed by atoms with Gasteiger partial charge in [0.2, 0.25) is 5.91 Å². The van der Waals surface area contributed by atoms with Crippen LogP contribution in [-0.4, -0.2) is 49.9 Å². The summed E-state index contributed by atoms with van der Waals surface area (Å²) in [6, 6.07) is 3.88. The fraction of sp³-hybridized carbons (Fsp3) is 0.368. The van der Waals surface area contributed by atoms with Gasteiger partial charge in [-0.05, 0) is 38.0 Å². The van der Waals surface area contributed by atoms with Crippen LogP contribution in [0.3, 0.4) is 0 Å². The van der Waals surface area contributed by atoms with Crippen LogP contribution in [0.4, 0.5) is 0 Å². The maximum Gasteiger partial charge on any atom is 0.274 e. The summed E-state index contributed by atoms with van der Waals surface area (Å²) in [7, 11) is 0. The number of nitrogens with zero attached hydrogens (tertiary/aromatic N) is 4. The highest BCUT2D eigenvalue weighted by Gasteiger charge is 2.33. The lowest BCUT2D eigenvalue weighted by Crippen LogP contribution is -2.39. The van der Waals surface area contributed by atoms with Crippen LogP contribution in [0.2, 0.25) is 0 Å². The van der Waals surface area contributed by atoms with Crippen molar-refractivity contribution in [2.45, 2.75) is 38.8 Å². The molecule has 3 aromatic heterocycles. The van der Waals surface area contributed by atoms with Gasteiger partial charge in [0.1, 0.15) is 6.26 Å². The molecule has 1 N–H and O–H groups in total. The number of nitrogens with one attached hydrogen (secondary N) is 1. The monoisotopic (exact) mass is 367 g/mol. The van der Waals surface area contributed by atoms with E-state index in [1.807, 2.05) is 34.6 Å². The first-order chi connectivity index (χ1) is 13.0. The van der Waals surface area contributed by atoms with E-state index in [0.717, 1.165) is 17.5 Å². The highest BCUT2D eigenvalue weighted by molar-refractivity contribution is 5.93. The predicted octanol–water partition coefficient (Wildman–Crippen LogP) is 1.59. The number of pyridine rings is 1. The lowest BCUT2D eigenvalue weighted by Gasteiger charge is -2.21. The Hall–Kier alpha value is -3.16. The first-order valence-corrected chi connectivity index (χ1v) is 8.93. The highest BCUT2D eigenvalue weighted by Crippen LogP contribution is 2.20. The Morgan fingerprint density at radius 1 is 1.41 bits per heavy atom. The number of likely N-dealkylation sites (tertiary alicyclic amines) is 1. The molecule has 0 aromatic carbocycles. The smallest absolute Gasteiger partial charge is 0.274 e. The summed E-state index contributed by atoms with van der Waals surface area (Å²) in [6.45, 7) is 4.28. The minimum atomic E-state index is -0.265. The number of rotatable bonds is 4. The summed E-state index contributed by atoms with van der Waals surface area (Å²) in [5.41, 5.74) is 2.90. The van der Waals surface area contributed by atoms with Crippen molar-refractivity contribution in [1.82, 2.24) is 24.8 Å². The summed E-state index contributed by atoms with van der Waals surface area (Å²) < 4.78 is 6.73. The summed E-state index contributed by atoms with van der Waals surface area (Å²) in [5, 5.41) is 6.69. The van der Waals surface area contributed by atoms with Crippen molar-refractivity contribution in [3.63, 3.8) is 0 Å². The van der Waals surface area contributed by atoms with Crippen molar-refractivity contribution in [3.8, 4) is 0 Å². The number of amides is 2. The van der Waals surface area contributed by atoms with Crippen LogP contribution in [0.25, 0.3) is 5.52 Å². The van der Waals surface area contributed by atoms with Crippen molar-refractivity contribution in [2.75, 3.05) is 6.54 Å². The number of imidazole rings is 1. The summed E-state index contributed by atoms with van der Waals surface area (Å²) in [4.78, 5) is 31.0. The van der Waals surface area contributed by atoms with Gasteiger partial charge in [0.15, 0.2) is 5.69 Å². The normalized spacial score (nSPS) is 19.6. The highest BCUT2D eigenvalue weighted by atomic mass is 16.5. The minimum Gasteiger partial charge on any atom is -0.364 e. The fourth-order valence-corrected chi connectivity index (χ4v) is 3.59. The molecule has 0 radical (unpaired) electrons. The van der Waals surface area contributed by atoms with E-state index in [1.165, 1.54) is 6.26 Å². The Balaban J connectivity index is 1.39. The average molecular weight is 367 g/mol. The molecule has 4 heterocycles. The molecule has 0 saturated carbocycles. The van der Waals surface area contributed by atoms with Crippen LogP contribution in [-0.2, 0) is 11.2 Å². The first-order valence-electron chi connectivity index (χ1n) is 8.93. The standard InChI is InChI=1S/C19H21N5O3/c1-12-10-27-22-18(12)19(26)21-15-5-13(2)24(9-15)17(25)7-14-3-4-23-11-20-8-16(23)6-14/h3-4,6,8,10-11,13,15H,5,7,9H2,1-2H3,(H,21,26). The Labute approximate surface area is 156 Å². The van der Waals surface area contributed by atoms with Crippen molar-refractivity contribution < 1.29 is 14.1 Å². The van der Waals surface area contributed by atoms with Crippen molar-refractivity contribution in [2.24, 2.45) is 0 Å². The number of carbonyl (C=O) groups is 2. The fourth-order valence-electron chi connectivity index (χ4n) is 3.59. The second-order valence-corrected chi connectivity index (χ2v) is 7.08. The van der Waals surface area contributed by atoms with Crippen LogP contribution in [0.1, 0.15) is 35.0 Å². The Morgan fingerprint density at radius 2 is 2.26 bits per heavy atom. The molecule has 1 aliphatic heterocycles. The third-order valence-electron chi connectivity index (χ3n) is 5.03. The van der Waals surface area contributed by atoms with Gasteiger partial charge in [-0.3, -0.25) is 9.59 Å². The zero-order valence-corrected chi connectivity index (χ0v) is 15.3. The lowest BCUT2D eigenvalue weighted by molar-refractivity contribution is -0.131. The molecule has 0 bridgehead atoms. The Morgan fingerprint density at radius 3 is 3.04 bits per heavy atom. The molecule has 140 valence electrons. The van der Waals surface area contributed by atoms with E-state index in [-0.39, 0.29) is 23.9 Å². The SMILES string of the molecule is Cc1conc1C(=O)NC1CC(C)N(C(=O)Cc2ccn3cncc3c2)C1. The maximum atomic E-state index is 12.8. The van der Waals surface area contributed by atoms with Crippen LogP contribution < -0.4 is 5.32 Å². The largest absolute Gasteiger partial charge is 0.364 e. The van der Waals surface area contributed by atoms with Crippen molar-refractivity contribution in [3.05, 3.63) is 53.9 Å². The van der Waals surface area contributed by atoms with Crippen molar-refractivity contribution >= 4 is 17.3 Å². The van der Waals surface area contributed by atoms with Gasteiger partial charge in [0.25, 0.3) is 5.91 Å². The van der Waals surface area contributed by atoms with E-state index in [1.54, 1.807) is 19.4 Å². The van der Waals surface area contributed by atoms with Gasteiger partial charge in [-0.25, -0.2) is 4.98 Å². The van der Waals surface area contributed by atoms with Crippen LogP contribution >= 0.6 is 0 Å². The topological polar surface area (TPSA) is 92.7 Å². The zero-order valence-electron chi connectivity index (χ0n) is 15.3. The van der Waals surface area contributed by atoms with E-state index >= 15 is 0 Å². The van der Waals surface area contributed by atoms with E-state index in [9.17, 15) is 9.59 Å². The van der Waals surface area contributed by atoms with Crippen LogP contribution in [0.15, 0.2) is 41.6 Å². The molecule has 8 nitrogen and oxygen atoms in total. The van der Waals surface area contributed by atoms with Gasteiger partial charge >= 0.3 is 0 Å². The Kier molecular flexibility index (Phi) is 4.39. The van der Waals surface area contributed by atoms with E-state index < -0.39 is 0 Å². The molecule has 0 aliphatic carbocycles. The van der Waals surface area contributed by atoms with Gasteiger partial charge in [0.05, 0.1) is 24.5 Å². The lowest BCUT2D eigenvalue weighted by atomic mass is 10.1. The van der Waals surface area contributed by atoms with Crippen LogP contribution in [0.5, 0.6) is 0 Å². The van der Waals surface area contributed by atoms with Gasteiger partial charge in [-0.1, -0.05) is 5.16 Å². The molecular weight excluding hydrogens is 346 g/mol. The molecule has 3 aromatic rings. The molecule has 4 rings (SSSR count). The van der Waals surface area contributed by atoms with E-state index in [2.05, 4.69) is 15.5 Å². The summed E-state index contributed by atoms with van der Waals surface area (Å²) >= 11 is 0. The minimum absolute atomic E-state index is 0.0562. The molecule has 1 saturated heterocycles. The first kappa shape index (κ1) is 17.3. The Bertz CT molecular complexity index is 992. The number of fused-ring (bicyclic) bond motifs is 1. The third kappa shape index (κ3) is 3.42. The second kappa shape index (κ2) is 6.86. The molecule has 2 amide bonds. The number of hydrogen-bond acceptors (Lipinski definition) is 5. The number of hydrogen-bond donors (Lipinski definition) is 1. The number of aryl methyl sites for hydroxylation is 1. The van der Waals surface area contributed by atoms with Gasteiger partial charge < -0.3 is 19.1 Å². The molecule has 1 aliphatic rings. The average Bonchev–Trinajstić information content (AvgIpc) is 3.34. The molecule has 8 heteroatoms. The van der Waals surface area contributed by atoms with E-state index in [4.69, 9.17) is 4.52 Å². The number of carbonyl (C=O) groups excluding carboxylic acids is 2. The molecule has 2 unspecified atom stereocenters. The predicted molar refractivity (Wildman–Crippen MR) is 97.2 cm³/mol.